The molecule has 0 aliphatic rings. The number of allylic oxidation sites excluding steroid dienone is 10. The predicted molar refractivity (Wildman–Crippen MR) is 207 cm³/mol. The smallest absolute Gasteiger partial charge is 0.462 e. The molecule has 2 N–H and O–H groups in total. The molecule has 0 fully saturated rings. The molecule has 288 valence electrons. The molecule has 0 spiro atoms. The molecule has 0 rings (SSSR count). The minimum atomic E-state index is -4.76. The number of ether oxygens (including phenoxy) is 2. The van der Waals surface area contributed by atoms with E-state index in [1.54, 1.807) is 0 Å². The molecule has 1 atom stereocenters. The molecule has 0 aromatic carbocycles. The first kappa shape index (κ1) is 47.8. The fourth-order valence-corrected chi connectivity index (χ4v) is 5.48. The number of carbonyl (C=O) groups is 2. The van der Waals surface area contributed by atoms with Gasteiger partial charge in [-0.25, -0.2) is 4.57 Å². The monoisotopic (exact) mass is 722 g/mol. The topological polar surface area (TPSA) is 119 Å². The van der Waals surface area contributed by atoms with Gasteiger partial charge in [-0.2, -0.15) is 0 Å². The van der Waals surface area contributed by atoms with E-state index >= 15 is 0 Å². The van der Waals surface area contributed by atoms with Crippen LogP contribution >= 0.6 is 7.82 Å². The van der Waals surface area contributed by atoms with Crippen LogP contribution in [0.15, 0.2) is 60.8 Å². The SMILES string of the molecule is CC/C=C\C/C=C\C/C=C\C/C=C\CCCCCCC(=O)OC(COC(=O)CCCCCCC/C=C\CCCCCCCC)COP(=O)(O)O. The lowest BCUT2D eigenvalue weighted by Gasteiger charge is -2.18. The minimum absolute atomic E-state index is 0.180. The molecule has 0 bridgehead atoms. The number of hydrogen-bond acceptors (Lipinski definition) is 6. The van der Waals surface area contributed by atoms with E-state index in [2.05, 4.69) is 79.1 Å². The number of hydrogen-bond donors (Lipinski definition) is 2. The Hall–Kier alpha value is -2.25. The van der Waals surface area contributed by atoms with E-state index in [-0.39, 0.29) is 19.4 Å². The van der Waals surface area contributed by atoms with Crippen molar-refractivity contribution in [2.45, 2.75) is 174 Å². The summed E-state index contributed by atoms with van der Waals surface area (Å²) in [6.07, 6.45) is 45.1. The van der Waals surface area contributed by atoms with Crippen LogP contribution in [0.5, 0.6) is 0 Å². The van der Waals surface area contributed by atoms with E-state index in [0.29, 0.717) is 12.8 Å². The Labute approximate surface area is 305 Å². The van der Waals surface area contributed by atoms with Crippen molar-refractivity contribution >= 4 is 19.8 Å². The standard InChI is InChI=1S/C41H71O8P/c1-3-5-7-9-11-13-15-17-19-20-22-24-26-28-30-32-34-36-41(43)49-39(38-48-50(44,45)46)37-47-40(42)35-33-31-29-27-25-23-21-18-16-14-12-10-8-6-4-2/h5,7,11,13,17-19,21-22,24,39H,3-4,6,8-10,12,14-16,20,23,25-38H2,1-2H3,(H2,44,45,46)/b7-5-,13-11-,19-17-,21-18-,24-22-. The highest BCUT2D eigenvalue weighted by molar-refractivity contribution is 7.46. The number of phosphoric ester groups is 1. The minimum Gasteiger partial charge on any atom is -0.462 e. The second-order valence-corrected chi connectivity index (χ2v) is 14.1. The van der Waals surface area contributed by atoms with Crippen molar-refractivity contribution in [1.82, 2.24) is 0 Å². The molecule has 8 nitrogen and oxygen atoms in total. The van der Waals surface area contributed by atoms with Gasteiger partial charge < -0.3 is 19.3 Å². The lowest BCUT2D eigenvalue weighted by atomic mass is 10.1. The normalized spacial score (nSPS) is 13.1. The van der Waals surface area contributed by atoms with Crippen molar-refractivity contribution < 1.29 is 37.9 Å². The lowest BCUT2D eigenvalue weighted by Crippen LogP contribution is -2.29. The third kappa shape index (κ3) is 38.6. The lowest BCUT2D eigenvalue weighted by molar-refractivity contribution is -0.161. The Morgan fingerprint density at radius 3 is 1.46 bits per heavy atom. The molecule has 1 unspecified atom stereocenters. The first-order valence-electron chi connectivity index (χ1n) is 19.6. The average Bonchev–Trinajstić information content (AvgIpc) is 3.08. The van der Waals surface area contributed by atoms with Crippen molar-refractivity contribution in [1.29, 1.82) is 0 Å². The van der Waals surface area contributed by atoms with E-state index in [1.165, 1.54) is 44.9 Å². The highest BCUT2D eigenvalue weighted by Gasteiger charge is 2.22. The van der Waals surface area contributed by atoms with Crippen LogP contribution < -0.4 is 0 Å². The van der Waals surface area contributed by atoms with Crippen LogP contribution in [0.4, 0.5) is 0 Å². The second-order valence-electron chi connectivity index (χ2n) is 12.9. The van der Waals surface area contributed by atoms with E-state index < -0.39 is 32.5 Å². The molecule has 0 aliphatic heterocycles. The third-order valence-electron chi connectivity index (χ3n) is 8.02. The summed E-state index contributed by atoms with van der Waals surface area (Å²) in [7, 11) is -4.76. The maximum absolute atomic E-state index is 12.4. The Balaban J connectivity index is 4.03. The van der Waals surface area contributed by atoms with Crippen LogP contribution in [-0.2, 0) is 28.2 Å². The van der Waals surface area contributed by atoms with Crippen molar-refractivity contribution in [3.63, 3.8) is 0 Å². The van der Waals surface area contributed by atoms with Gasteiger partial charge >= 0.3 is 19.8 Å². The zero-order valence-electron chi connectivity index (χ0n) is 31.5. The van der Waals surface area contributed by atoms with Gasteiger partial charge in [-0.3, -0.25) is 14.1 Å². The van der Waals surface area contributed by atoms with Gasteiger partial charge in [-0.1, -0.05) is 139 Å². The van der Waals surface area contributed by atoms with Gasteiger partial charge in [-0.15, -0.1) is 0 Å². The van der Waals surface area contributed by atoms with Crippen LogP contribution in [0.2, 0.25) is 0 Å². The Bertz CT molecular complexity index is 995. The zero-order valence-corrected chi connectivity index (χ0v) is 32.4. The summed E-state index contributed by atoms with van der Waals surface area (Å²) < 4.78 is 26.3. The Morgan fingerprint density at radius 1 is 0.540 bits per heavy atom. The summed E-state index contributed by atoms with van der Waals surface area (Å²) in [6, 6.07) is 0. The highest BCUT2D eigenvalue weighted by atomic mass is 31.2. The van der Waals surface area contributed by atoms with E-state index in [9.17, 15) is 14.2 Å². The molecule has 0 aromatic rings. The molecule has 50 heavy (non-hydrogen) atoms. The number of carbonyl (C=O) groups excluding carboxylic acids is 2. The molecule has 0 heterocycles. The van der Waals surface area contributed by atoms with Gasteiger partial charge in [0.2, 0.25) is 0 Å². The molecular weight excluding hydrogens is 651 g/mol. The number of rotatable bonds is 35. The molecule has 0 aromatic heterocycles. The van der Waals surface area contributed by atoms with Crippen LogP contribution in [0.3, 0.4) is 0 Å². The zero-order chi connectivity index (χ0) is 36.8. The van der Waals surface area contributed by atoms with Crippen LogP contribution in [0, 0.1) is 0 Å². The number of esters is 2. The van der Waals surface area contributed by atoms with Crippen molar-refractivity contribution in [2.24, 2.45) is 0 Å². The fraction of sp³-hybridized carbons (Fsp3) is 0.707. The molecule has 9 heteroatoms. The van der Waals surface area contributed by atoms with Crippen LogP contribution in [-0.4, -0.2) is 41.0 Å². The average molecular weight is 723 g/mol. The Kier molecular flexibility index (Phi) is 34.9. The van der Waals surface area contributed by atoms with Gasteiger partial charge in [0.25, 0.3) is 0 Å². The highest BCUT2D eigenvalue weighted by Crippen LogP contribution is 2.36. The summed E-state index contributed by atoms with van der Waals surface area (Å²) >= 11 is 0. The molecule has 0 saturated carbocycles. The van der Waals surface area contributed by atoms with E-state index in [4.69, 9.17) is 19.3 Å². The van der Waals surface area contributed by atoms with Gasteiger partial charge in [0.05, 0.1) is 6.61 Å². The third-order valence-corrected chi connectivity index (χ3v) is 8.51. The van der Waals surface area contributed by atoms with Crippen LogP contribution in [0.25, 0.3) is 0 Å². The summed E-state index contributed by atoms with van der Waals surface area (Å²) in [4.78, 5) is 42.7. The van der Waals surface area contributed by atoms with E-state index in [1.807, 2.05) is 0 Å². The molecular formula is C41H71O8P. The largest absolute Gasteiger partial charge is 0.469 e. The number of phosphoric acid groups is 1. The number of unbranched alkanes of at least 4 members (excludes halogenated alkanes) is 15. The first-order chi connectivity index (χ1) is 24.3. The van der Waals surface area contributed by atoms with Gasteiger partial charge in [0.15, 0.2) is 6.10 Å². The first-order valence-corrected chi connectivity index (χ1v) is 21.1. The summed E-state index contributed by atoms with van der Waals surface area (Å²) in [5.74, 6) is -0.926. The summed E-state index contributed by atoms with van der Waals surface area (Å²) in [5, 5.41) is 0. The van der Waals surface area contributed by atoms with Gasteiger partial charge in [-0.05, 0) is 77.0 Å². The van der Waals surface area contributed by atoms with Crippen molar-refractivity contribution in [3.05, 3.63) is 60.8 Å². The fourth-order valence-electron chi connectivity index (χ4n) is 5.12. The van der Waals surface area contributed by atoms with Gasteiger partial charge in [0, 0.05) is 12.8 Å². The van der Waals surface area contributed by atoms with Crippen molar-refractivity contribution in [3.8, 4) is 0 Å². The van der Waals surface area contributed by atoms with E-state index in [0.717, 1.165) is 83.5 Å². The van der Waals surface area contributed by atoms with Crippen molar-refractivity contribution in [2.75, 3.05) is 13.2 Å². The van der Waals surface area contributed by atoms with Crippen LogP contribution in [0.1, 0.15) is 168 Å². The predicted octanol–water partition coefficient (Wildman–Crippen LogP) is 11.7. The maximum Gasteiger partial charge on any atom is 0.469 e. The Morgan fingerprint density at radius 2 is 0.960 bits per heavy atom. The molecule has 0 amide bonds. The molecule has 0 saturated heterocycles. The maximum atomic E-state index is 12.4. The molecule has 0 aliphatic carbocycles. The quantitative estimate of drug-likeness (QED) is 0.0287. The van der Waals surface area contributed by atoms with Gasteiger partial charge in [0.1, 0.15) is 6.61 Å². The summed E-state index contributed by atoms with van der Waals surface area (Å²) in [6.45, 7) is 3.53. The second kappa shape index (κ2) is 36.5. The molecule has 0 radical (unpaired) electrons. The summed E-state index contributed by atoms with van der Waals surface area (Å²) in [5.41, 5.74) is 0.